The third-order valence-electron chi connectivity index (χ3n) is 3.21. The van der Waals surface area contributed by atoms with Crippen molar-refractivity contribution >= 4 is 12.1 Å². The summed E-state index contributed by atoms with van der Waals surface area (Å²) < 4.78 is 41.6. The van der Waals surface area contributed by atoms with Crippen LogP contribution in [0.2, 0.25) is 0 Å². The van der Waals surface area contributed by atoms with Gasteiger partial charge in [-0.25, -0.2) is 18.5 Å². The number of carbonyl (C=O) groups is 1. The molecule has 2 rings (SSSR count). The lowest BCUT2D eigenvalue weighted by Crippen LogP contribution is -2.42. The van der Waals surface area contributed by atoms with Crippen molar-refractivity contribution in [2.45, 2.75) is 6.04 Å². The lowest BCUT2D eigenvalue weighted by molar-refractivity contribution is 0.126. The van der Waals surface area contributed by atoms with Gasteiger partial charge in [-0.05, 0) is 23.8 Å². The van der Waals surface area contributed by atoms with Gasteiger partial charge in [0.05, 0.1) is 32.6 Å². The first-order valence-corrected chi connectivity index (χ1v) is 6.66. The van der Waals surface area contributed by atoms with Crippen LogP contribution in [0.1, 0.15) is 11.6 Å². The maximum atomic E-state index is 13.6. The Morgan fingerprint density at radius 2 is 2.00 bits per heavy atom. The largest absolute Gasteiger partial charge is 0.468 e. The number of methoxy groups -OCH3 is 3. The minimum absolute atomic E-state index is 0.0267. The predicted molar refractivity (Wildman–Crippen MR) is 77.7 cm³/mol. The first-order chi connectivity index (χ1) is 11.0. The molecule has 0 N–H and O–H groups in total. The number of benzene rings is 1. The molecule has 1 amide bonds. The number of amides is 1. The van der Waals surface area contributed by atoms with Crippen LogP contribution in [0.25, 0.3) is 0 Å². The van der Waals surface area contributed by atoms with Crippen LogP contribution in [-0.2, 0) is 14.2 Å². The van der Waals surface area contributed by atoms with E-state index in [1.165, 1.54) is 27.4 Å². The Morgan fingerprint density at radius 1 is 1.26 bits per heavy atom. The lowest BCUT2D eigenvalue weighted by Gasteiger charge is -2.31. The Bertz CT molecular complexity index is 661. The lowest BCUT2D eigenvalue weighted by atomic mass is 10.0. The van der Waals surface area contributed by atoms with Crippen molar-refractivity contribution in [3.8, 4) is 0 Å². The summed E-state index contributed by atoms with van der Waals surface area (Å²) in [6.07, 6.45) is 0.850. The third-order valence-corrected chi connectivity index (χ3v) is 3.21. The average molecular weight is 326 g/mol. The van der Waals surface area contributed by atoms with Crippen LogP contribution in [0.5, 0.6) is 0 Å². The highest BCUT2D eigenvalue weighted by Gasteiger charge is 2.34. The Hall–Kier alpha value is -2.48. The smallest absolute Gasteiger partial charge is 0.418 e. The second-order valence-corrected chi connectivity index (χ2v) is 4.65. The fraction of sp³-hybridized carbons (Fsp3) is 0.333. The molecule has 1 aliphatic heterocycles. The van der Waals surface area contributed by atoms with Gasteiger partial charge in [-0.1, -0.05) is 6.07 Å². The minimum Gasteiger partial charge on any atom is -0.468 e. The summed E-state index contributed by atoms with van der Waals surface area (Å²) >= 11 is 0. The monoisotopic (exact) mass is 326 g/mol. The van der Waals surface area contributed by atoms with Crippen molar-refractivity contribution in [3.63, 3.8) is 0 Å². The Kier molecular flexibility index (Phi) is 5.28. The summed E-state index contributed by atoms with van der Waals surface area (Å²) in [4.78, 5) is 17.3. The highest BCUT2D eigenvalue weighted by Crippen LogP contribution is 2.30. The van der Waals surface area contributed by atoms with Gasteiger partial charge in [-0.15, -0.1) is 0 Å². The van der Waals surface area contributed by atoms with Crippen LogP contribution in [0.4, 0.5) is 13.6 Å². The second kappa shape index (κ2) is 7.19. The van der Waals surface area contributed by atoms with E-state index in [2.05, 4.69) is 4.99 Å². The van der Waals surface area contributed by atoms with Crippen molar-refractivity contribution in [1.29, 1.82) is 0 Å². The van der Waals surface area contributed by atoms with Gasteiger partial charge in [0, 0.05) is 7.11 Å². The summed E-state index contributed by atoms with van der Waals surface area (Å²) in [5.74, 6) is -1.99. The maximum absolute atomic E-state index is 13.6. The van der Waals surface area contributed by atoms with E-state index in [9.17, 15) is 13.6 Å². The summed E-state index contributed by atoms with van der Waals surface area (Å²) in [6.45, 7) is 0.169. The molecule has 0 saturated heterocycles. The van der Waals surface area contributed by atoms with Crippen LogP contribution in [-0.4, -0.2) is 45.0 Å². The topological polar surface area (TPSA) is 60.4 Å². The van der Waals surface area contributed by atoms with Crippen LogP contribution in [0, 0.1) is 11.6 Å². The number of carbonyl (C=O) groups excluding carboxylic acids is 1. The zero-order valence-corrected chi connectivity index (χ0v) is 12.9. The first-order valence-electron chi connectivity index (χ1n) is 6.66. The van der Waals surface area contributed by atoms with Crippen LogP contribution in [0.15, 0.2) is 35.0 Å². The molecule has 1 aromatic carbocycles. The number of hydrogen-bond acceptors (Lipinski definition) is 5. The molecular weight excluding hydrogens is 310 g/mol. The van der Waals surface area contributed by atoms with Crippen molar-refractivity contribution in [2.24, 2.45) is 4.99 Å². The molecule has 8 heteroatoms. The van der Waals surface area contributed by atoms with Crippen LogP contribution < -0.4 is 0 Å². The van der Waals surface area contributed by atoms with Crippen molar-refractivity contribution < 1.29 is 27.8 Å². The Labute approximate surface area is 132 Å². The fourth-order valence-electron chi connectivity index (χ4n) is 2.19. The van der Waals surface area contributed by atoms with Gasteiger partial charge in [-0.2, -0.15) is 4.99 Å². The summed E-state index contributed by atoms with van der Waals surface area (Å²) in [5.41, 5.74) is 0.826. The summed E-state index contributed by atoms with van der Waals surface area (Å²) in [5, 5.41) is 0. The zero-order chi connectivity index (χ0) is 17.0. The molecule has 6 nitrogen and oxygen atoms in total. The SMILES string of the molecule is COCC1=CC(c2ccc(F)c(F)c2)N(C(=O)OC)C(OC)=N1. The van der Waals surface area contributed by atoms with E-state index in [4.69, 9.17) is 14.2 Å². The molecule has 0 radical (unpaired) electrons. The number of hydrogen-bond donors (Lipinski definition) is 0. The standard InChI is InChI=1S/C15H16F2N2O4/c1-21-8-10-7-13(9-4-5-11(16)12(17)6-9)19(15(20)23-3)14(18-10)22-2/h4-7,13H,8H2,1-3H3. The molecule has 1 heterocycles. The molecule has 124 valence electrons. The van der Waals surface area contributed by atoms with E-state index in [0.717, 1.165) is 17.0 Å². The van der Waals surface area contributed by atoms with Crippen molar-refractivity contribution in [3.05, 3.63) is 47.2 Å². The van der Waals surface area contributed by atoms with Gasteiger partial charge >= 0.3 is 12.1 Å². The van der Waals surface area contributed by atoms with E-state index in [-0.39, 0.29) is 12.6 Å². The molecule has 1 unspecified atom stereocenters. The molecule has 1 atom stereocenters. The summed E-state index contributed by atoms with van der Waals surface area (Å²) in [6, 6.07) is 2.58. The Morgan fingerprint density at radius 3 is 2.57 bits per heavy atom. The highest BCUT2D eigenvalue weighted by molar-refractivity contribution is 5.92. The van der Waals surface area contributed by atoms with E-state index in [0.29, 0.717) is 11.3 Å². The number of ether oxygens (including phenoxy) is 3. The first kappa shape index (κ1) is 16.9. The summed E-state index contributed by atoms with van der Waals surface area (Å²) in [7, 11) is 4.03. The molecule has 0 bridgehead atoms. The van der Waals surface area contributed by atoms with Crippen LogP contribution in [0.3, 0.4) is 0 Å². The predicted octanol–water partition coefficient (Wildman–Crippen LogP) is 2.62. The molecule has 0 fully saturated rings. The van der Waals surface area contributed by atoms with Gasteiger partial charge in [0.15, 0.2) is 11.6 Å². The molecule has 0 aromatic heterocycles. The van der Waals surface area contributed by atoms with Gasteiger partial charge in [0.1, 0.15) is 0 Å². The molecule has 0 aliphatic carbocycles. The number of nitrogens with zero attached hydrogens (tertiary/aromatic N) is 2. The quantitative estimate of drug-likeness (QED) is 0.857. The molecular formula is C15H16F2N2O4. The second-order valence-electron chi connectivity index (χ2n) is 4.65. The van der Waals surface area contributed by atoms with E-state index in [1.807, 2.05) is 0 Å². The third kappa shape index (κ3) is 3.48. The molecule has 1 aliphatic rings. The fourth-order valence-corrected chi connectivity index (χ4v) is 2.19. The maximum Gasteiger partial charge on any atom is 0.418 e. The van der Waals surface area contributed by atoms with Gasteiger partial charge in [-0.3, -0.25) is 0 Å². The molecule has 0 saturated carbocycles. The average Bonchev–Trinajstić information content (AvgIpc) is 2.56. The zero-order valence-electron chi connectivity index (χ0n) is 12.9. The van der Waals surface area contributed by atoms with E-state index in [1.54, 1.807) is 6.08 Å². The van der Waals surface area contributed by atoms with Crippen molar-refractivity contribution in [1.82, 2.24) is 4.90 Å². The molecule has 1 aromatic rings. The van der Waals surface area contributed by atoms with Gasteiger partial charge in [0.25, 0.3) is 0 Å². The van der Waals surface area contributed by atoms with Gasteiger partial charge < -0.3 is 14.2 Å². The number of rotatable bonds is 3. The van der Waals surface area contributed by atoms with Crippen molar-refractivity contribution in [2.75, 3.05) is 27.9 Å². The van der Waals surface area contributed by atoms with E-state index >= 15 is 0 Å². The molecule has 23 heavy (non-hydrogen) atoms. The van der Waals surface area contributed by atoms with Gasteiger partial charge in [0.2, 0.25) is 0 Å². The minimum atomic E-state index is -1.02. The van der Waals surface area contributed by atoms with E-state index < -0.39 is 23.8 Å². The highest BCUT2D eigenvalue weighted by atomic mass is 19.2. The normalized spacial score (nSPS) is 17.4. The van der Waals surface area contributed by atoms with Crippen LogP contribution >= 0.6 is 0 Å². The Balaban J connectivity index is 2.51. The number of aliphatic imine (C=N–C) groups is 1. The molecule has 0 spiro atoms. The number of amidine groups is 1. The number of halogens is 2.